The highest BCUT2D eigenvalue weighted by atomic mass is 35.5. The molecule has 0 unspecified atom stereocenters. The van der Waals surface area contributed by atoms with E-state index in [-0.39, 0.29) is 12.4 Å². The van der Waals surface area contributed by atoms with Gasteiger partial charge in [0, 0.05) is 24.2 Å². The van der Waals surface area contributed by atoms with Crippen LogP contribution in [0.2, 0.25) is 0 Å². The fourth-order valence-corrected chi connectivity index (χ4v) is 4.21. The zero-order valence-corrected chi connectivity index (χ0v) is 14.7. The van der Waals surface area contributed by atoms with Crippen LogP contribution in [-0.2, 0) is 10.0 Å². The molecule has 1 aliphatic rings. The summed E-state index contributed by atoms with van der Waals surface area (Å²) in [5, 5.41) is 4.05. The summed E-state index contributed by atoms with van der Waals surface area (Å²) in [6.07, 6.45) is 4.80. The summed E-state index contributed by atoms with van der Waals surface area (Å²) < 4.78 is 27.9. The minimum Gasteiger partial charge on any atom is -0.314 e. The van der Waals surface area contributed by atoms with Crippen molar-refractivity contribution in [2.45, 2.75) is 37.1 Å². The summed E-state index contributed by atoms with van der Waals surface area (Å²) in [5.41, 5.74) is 1.72. The molecule has 0 radical (unpaired) electrons. The van der Waals surface area contributed by atoms with Gasteiger partial charge in [0.2, 0.25) is 10.0 Å². The molecule has 1 aliphatic heterocycles. The van der Waals surface area contributed by atoms with Gasteiger partial charge in [-0.15, -0.1) is 12.4 Å². The molecule has 3 rings (SSSR count). The van der Waals surface area contributed by atoms with Gasteiger partial charge in [0.15, 0.2) is 0 Å². The van der Waals surface area contributed by atoms with E-state index in [0.717, 1.165) is 30.5 Å². The van der Waals surface area contributed by atoms with Crippen molar-refractivity contribution < 1.29 is 8.42 Å². The second-order valence-corrected chi connectivity index (χ2v) is 7.50. The Labute approximate surface area is 143 Å². The standard InChI is InChI=1S/C16H21N3O2S.ClH/c1-12-6-7-15(14-5-3-10-18-16(12)14)22(20,21)19-11-8-13-4-2-9-17-13;/h3,5-7,10,13,17,19H,2,4,8-9,11H2,1H3;1H/t13-;/m1./s1. The lowest BCUT2D eigenvalue weighted by atomic mass is 10.1. The van der Waals surface area contributed by atoms with Gasteiger partial charge in [-0.3, -0.25) is 4.98 Å². The number of aryl methyl sites for hydroxylation is 1. The molecule has 2 N–H and O–H groups in total. The summed E-state index contributed by atoms with van der Waals surface area (Å²) in [4.78, 5) is 4.60. The number of nitrogens with one attached hydrogen (secondary N) is 2. The number of halogens is 1. The molecule has 0 spiro atoms. The lowest BCUT2D eigenvalue weighted by Crippen LogP contribution is -2.30. The van der Waals surface area contributed by atoms with Crippen molar-refractivity contribution in [2.24, 2.45) is 0 Å². The Hall–Kier alpha value is -1.21. The number of hydrogen-bond acceptors (Lipinski definition) is 4. The zero-order chi connectivity index (χ0) is 15.6. The maximum atomic E-state index is 12.6. The quantitative estimate of drug-likeness (QED) is 0.863. The number of nitrogens with zero attached hydrogens (tertiary/aromatic N) is 1. The SMILES string of the molecule is Cc1ccc(S(=O)(=O)NCC[C@H]2CCCN2)c2cccnc12.Cl. The van der Waals surface area contributed by atoms with E-state index >= 15 is 0 Å². The maximum Gasteiger partial charge on any atom is 0.241 e. The van der Waals surface area contributed by atoms with Crippen LogP contribution in [0.3, 0.4) is 0 Å². The molecule has 126 valence electrons. The molecule has 0 amide bonds. The van der Waals surface area contributed by atoms with E-state index in [1.54, 1.807) is 18.3 Å². The fraction of sp³-hybridized carbons (Fsp3) is 0.438. The molecule has 2 aromatic rings. The van der Waals surface area contributed by atoms with Gasteiger partial charge in [-0.05, 0) is 56.5 Å². The minimum atomic E-state index is -3.51. The summed E-state index contributed by atoms with van der Waals surface area (Å²) >= 11 is 0. The van der Waals surface area contributed by atoms with E-state index in [1.165, 1.54) is 6.42 Å². The molecule has 2 heterocycles. The molecular formula is C16H22ClN3O2S. The molecule has 1 aromatic heterocycles. The topological polar surface area (TPSA) is 71.1 Å². The third kappa shape index (κ3) is 4.01. The van der Waals surface area contributed by atoms with E-state index in [1.807, 2.05) is 19.1 Å². The van der Waals surface area contributed by atoms with Crippen LogP contribution in [-0.4, -0.2) is 32.5 Å². The van der Waals surface area contributed by atoms with Crippen LogP contribution in [0.25, 0.3) is 10.9 Å². The van der Waals surface area contributed by atoms with Crippen molar-refractivity contribution >= 4 is 33.3 Å². The normalized spacial score (nSPS) is 18.0. The van der Waals surface area contributed by atoms with E-state index in [2.05, 4.69) is 15.0 Å². The van der Waals surface area contributed by atoms with Crippen molar-refractivity contribution in [1.82, 2.24) is 15.0 Å². The first-order valence-corrected chi connectivity index (χ1v) is 9.13. The molecule has 0 saturated carbocycles. The molecule has 1 atom stereocenters. The Morgan fingerprint density at radius 2 is 2.17 bits per heavy atom. The van der Waals surface area contributed by atoms with E-state index in [9.17, 15) is 8.42 Å². The van der Waals surface area contributed by atoms with Gasteiger partial charge in [-0.1, -0.05) is 6.07 Å². The molecule has 23 heavy (non-hydrogen) atoms. The molecule has 7 heteroatoms. The predicted molar refractivity (Wildman–Crippen MR) is 94.6 cm³/mol. The Morgan fingerprint density at radius 3 is 2.91 bits per heavy atom. The number of benzene rings is 1. The van der Waals surface area contributed by atoms with Crippen LogP contribution in [0.4, 0.5) is 0 Å². The van der Waals surface area contributed by atoms with Crippen LogP contribution >= 0.6 is 12.4 Å². The highest BCUT2D eigenvalue weighted by Gasteiger charge is 2.19. The summed E-state index contributed by atoms with van der Waals surface area (Å²) in [5.74, 6) is 0. The van der Waals surface area contributed by atoms with Crippen molar-refractivity contribution in [3.8, 4) is 0 Å². The van der Waals surface area contributed by atoms with Crippen molar-refractivity contribution in [1.29, 1.82) is 0 Å². The second-order valence-electron chi connectivity index (χ2n) is 5.76. The summed E-state index contributed by atoms with van der Waals surface area (Å²) in [6, 6.07) is 7.47. The third-order valence-electron chi connectivity index (χ3n) is 4.17. The average Bonchev–Trinajstić information content (AvgIpc) is 3.01. The van der Waals surface area contributed by atoms with Crippen LogP contribution in [0.15, 0.2) is 35.4 Å². The Balaban J connectivity index is 0.00000192. The number of sulfonamides is 1. The van der Waals surface area contributed by atoms with E-state index in [4.69, 9.17) is 0 Å². The minimum absolute atomic E-state index is 0. The average molecular weight is 356 g/mol. The monoisotopic (exact) mass is 355 g/mol. The number of fused-ring (bicyclic) bond motifs is 1. The smallest absolute Gasteiger partial charge is 0.241 e. The van der Waals surface area contributed by atoms with Gasteiger partial charge >= 0.3 is 0 Å². The van der Waals surface area contributed by atoms with Gasteiger partial charge in [0.1, 0.15) is 0 Å². The molecule has 1 saturated heterocycles. The van der Waals surface area contributed by atoms with Gasteiger partial charge in [-0.25, -0.2) is 13.1 Å². The number of aromatic nitrogens is 1. The first-order chi connectivity index (χ1) is 10.6. The van der Waals surface area contributed by atoms with E-state index < -0.39 is 10.0 Å². The third-order valence-corrected chi connectivity index (χ3v) is 5.69. The van der Waals surface area contributed by atoms with Gasteiger partial charge in [0.25, 0.3) is 0 Å². The van der Waals surface area contributed by atoms with Gasteiger partial charge in [0.05, 0.1) is 10.4 Å². The van der Waals surface area contributed by atoms with Crippen molar-refractivity contribution in [3.63, 3.8) is 0 Å². The fourth-order valence-electron chi connectivity index (χ4n) is 2.97. The lowest BCUT2D eigenvalue weighted by Gasteiger charge is -2.13. The van der Waals surface area contributed by atoms with Gasteiger partial charge < -0.3 is 5.32 Å². The number of rotatable bonds is 5. The number of pyridine rings is 1. The Kier molecular flexibility index (Phi) is 5.97. The van der Waals surface area contributed by atoms with Crippen molar-refractivity contribution in [2.75, 3.05) is 13.1 Å². The van der Waals surface area contributed by atoms with Crippen LogP contribution < -0.4 is 10.0 Å². The zero-order valence-electron chi connectivity index (χ0n) is 13.1. The summed E-state index contributed by atoms with van der Waals surface area (Å²) in [6.45, 7) is 3.42. The molecule has 0 bridgehead atoms. The van der Waals surface area contributed by atoms with Crippen molar-refractivity contribution in [3.05, 3.63) is 36.0 Å². The molecule has 5 nitrogen and oxygen atoms in total. The number of hydrogen-bond donors (Lipinski definition) is 2. The van der Waals surface area contributed by atoms with Crippen LogP contribution in [0, 0.1) is 6.92 Å². The second kappa shape index (κ2) is 7.57. The van der Waals surface area contributed by atoms with Gasteiger partial charge in [-0.2, -0.15) is 0 Å². The summed E-state index contributed by atoms with van der Waals surface area (Å²) in [7, 11) is -3.51. The first-order valence-electron chi connectivity index (χ1n) is 7.65. The molecule has 1 fully saturated rings. The molecule has 1 aromatic carbocycles. The van der Waals surface area contributed by atoms with Crippen LogP contribution in [0.1, 0.15) is 24.8 Å². The largest absolute Gasteiger partial charge is 0.314 e. The Bertz CT molecular complexity index is 774. The molecule has 0 aliphatic carbocycles. The van der Waals surface area contributed by atoms with E-state index in [0.29, 0.717) is 22.9 Å². The maximum absolute atomic E-state index is 12.6. The predicted octanol–water partition coefficient (Wildman–Crippen LogP) is 2.39. The highest BCUT2D eigenvalue weighted by molar-refractivity contribution is 7.89. The molecular weight excluding hydrogens is 334 g/mol. The highest BCUT2D eigenvalue weighted by Crippen LogP contribution is 2.24. The lowest BCUT2D eigenvalue weighted by molar-refractivity contribution is 0.540. The first kappa shape index (κ1) is 18.1. The Morgan fingerprint density at radius 1 is 1.35 bits per heavy atom. The van der Waals surface area contributed by atoms with Crippen LogP contribution in [0.5, 0.6) is 0 Å².